The van der Waals surface area contributed by atoms with Crippen LogP contribution in [0.15, 0.2) is 24.3 Å². The van der Waals surface area contributed by atoms with E-state index in [4.69, 9.17) is 5.11 Å². The normalized spacial score (nSPS) is 19.8. The summed E-state index contributed by atoms with van der Waals surface area (Å²) in [5.41, 5.74) is 2.63. The number of nitrogens with one attached hydrogen (secondary N) is 1. The van der Waals surface area contributed by atoms with Gasteiger partial charge in [0.05, 0.1) is 5.92 Å². The highest BCUT2D eigenvalue weighted by Crippen LogP contribution is 2.34. The molecule has 4 nitrogen and oxygen atoms in total. The Hall–Kier alpha value is -1.84. The van der Waals surface area contributed by atoms with Gasteiger partial charge in [-0.3, -0.25) is 9.59 Å². The first-order valence-electron chi connectivity index (χ1n) is 6.59. The van der Waals surface area contributed by atoms with E-state index in [1.54, 1.807) is 13.8 Å². The summed E-state index contributed by atoms with van der Waals surface area (Å²) in [5.74, 6) is -1.91. The first-order chi connectivity index (χ1) is 9.00. The molecular weight excluding hydrogens is 242 g/mol. The number of carbonyl (C=O) groups excluding carboxylic acids is 1. The minimum atomic E-state index is -0.934. The minimum Gasteiger partial charge on any atom is -0.481 e. The van der Waals surface area contributed by atoms with Crippen molar-refractivity contribution in [3.05, 3.63) is 35.4 Å². The summed E-state index contributed by atoms with van der Waals surface area (Å²) >= 11 is 0. The van der Waals surface area contributed by atoms with Crippen molar-refractivity contribution in [2.24, 2.45) is 11.8 Å². The average molecular weight is 261 g/mol. The van der Waals surface area contributed by atoms with E-state index in [0.29, 0.717) is 12.5 Å². The molecule has 0 bridgehead atoms. The molecule has 2 N–H and O–H groups in total. The highest BCUT2D eigenvalue weighted by molar-refractivity contribution is 5.84. The molecule has 0 radical (unpaired) electrons. The van der Waals surface area contributed by atoms with E-state index in [9.17, 15) is 9.59 Å². The molecule has 1 aliphatic carbocycles. The zero-order valence-corrected chi connectivity index (χ0v) is 11.2. The third kappa shape index (κ3) is 2.78. The minimum absolute atomic E-state index is 0.181. The number of carboxylic acids is 1. The van der Waals surface area contributed by atoms with Gasteiger partial charge in [0.2, 0.25) is 5.91 Å². The fourth-order valence-corrected chi connectivity index (χ4v) is 2.37. The Kier molecular flexibility index (Phi) is 3.88. The van der Waals surface area contributed by atoms with E-state index in [0.717, 1.165) is 6.42 Å². The molecule has 1 aliphatic rings. The van der Waals surface area contributed by atoms with E-state index in [-0.39, 0.29) is 5.91 Å². The number of carboxylic acid groups (broad SMARTS) is 1. The van der Waals surface area contributed by atoms with Gasteiger partial charge in [-0.05, 0) is 17.5 Å². The SMILES string of the molecule is CC(C(=O)O)C(C)C(=O)NCC1Cc2ccccc21. The second-order valence-electron chi connectivity index (χ2n) is 5.26. The van der Waals surface area contributed by atoms with E-state index in [1.165, 1.54) is 11.1 Å². The van der Waals surface area contributed by atoms with Gasteiger partial charge in [-0.15, -0.1) is 0 Å². The van der Waals surface area contributed by atoms with Crippen molar-refractivity contribution < 1.29 is 14.7 Å². The molecule has 3 unspecified atom stereocenters. The van der Waals surface area contributed by atoms with Crippen LogP contribution in [0.2, 0.25) is 0 Å². The average Bonchev–Trinajstić information content (AvgIpc) is 2.37. The van der Waals surface area contributed by atoms with E-state index < -0.39 is 17.8 Å². The Labute approximate surface area is 112 Å². The largest absolute Gasteiger partial charge is 0.481 e. The number of hydrogen-bond donors (Lipinski definition) is 2. The lowest BCUT2D eigenvalue weighted by molar-refractivity contribution is -0.146. The number of hydrogen-bond acceptors (Lipinski definition) is 2. The van der Waals surface area contributed by atoms with Crippen LogP contribution in [0.25, 0.3) is 0 Å². The van der Waals surface area contributed by atoms with Gasteiger partial charge in [-0.1, -0.05) is 38.1 Å². The van der Waals surface area contributed by atoms with Crippen LogP contribution >= 0.6 is 0 Å². The van der Waals surface area contributed by atoms with Crippen molar-refractivity contribution in [2.45, 2.75) is 26.2 Å². The molecule has 0 heterocycles. The number of rotatable bonds is 5. The van der Waals surface area contributed by atoms with Crippen molar-refractivity contribution in [3.63, 3.8) is 0 Å². The molecule has 1 aromatic rings. The maximum absolute atomic E-state index is 11.9. The van der Waals surface area contributed by atoms with Gasteiger partial charge in [0.25, 0.3) is 0 Å². The van der Waals surface area contributed by atoms with Crippen LogP contribution < -0.4 is 5.32 Å². The molecule has 0 aliphatic heterocycles. The fourth-order valence-electron chi connectivity index (χ4n) is 2.37. The van der Waals surface area contributed by atoms with E-state index in [1.807, 2.05) is 12.1 Å². The highest BCUT2D eigenvalue weighted by atomic mass is 16.4. The standard InChI is InChI=1S/C15H19NO3/c1-9(10(2)15(18)19)14(17)16-8-12-7-11-5-3-4-6-13(11)12/h3-6,9-10,12H,7-8H2,1-2H3,(H,16,17)(H,18,19). The lowest BCUT2D eigenvalue weighted by atomic mass is 9.77. The number of benzene rings is 1. The van der Waals surface area contributed by atoms with Crippen LogP contribution in [0.3, 0.4) is 0 Å². The molecule has 3 atom stereocenters. The Morgan fingerprint density at radius 3 is 2.63 bits per heavy atom. The van der Waals surface area contributed by atoms with Crippen LogP contribution in [0, 0.1) is 11.8 Å². The predicted molar refractivity (Wildman–Crippen MR) is 71.9 cm³/mol. The van der Waals surface area contributed by atoms with Gasteiger partial charge < -0.3 is 10.4 Å². The van der Waals surface area contributed by atoms with Crippen LogP contribution in [-0.2, 0) is 16.0 Å². The van der Waals surface area contributed by atoms with Gasteiger partial charge in [0.15, 0.2) is 0 Å². The van der Waals surface area contributed by atoms with E-state index >= 15 is 0 Å². The van der Waals surface area contributed by atoms with E-state index in [2.05, 4.69) is 17.4 Å². The van der Waals surface area contributed by atoms with Crippen molar-refractivity contribution in [3.8, 4) is 0 Å². The molecule has 102 valence electrons. The first kappa shape index (κ1) is 13.6. The van der Waals surface area contributed by atoms with Gasteiger partial charge >= 0.3 is 5.97 Å². The number of aliphatic carboxylic acids is 1. The quantitative estimate of drug-likeness (QED) is 0.849. The first-order valence-corrected chi connectivity index (χ1v) is 6.59. The van der Waals surface area contributed by atoms with Gasteiger partial charge in [-0.25, -0.2) is 0 Å². The fraction of sp³-hybridized carbons (Fsp3) is 0.467. The Morgan fingerprint density at radius 1 is 1.32 bits per heavy atom. The predicted octanol–water partition coefficient (Wildman–Crippen LogP) is 1.80. The summed E-state index contributed by atoms with van der Waals surface area (Å²) in [7, 11) is 0. The summed E-state index contributed by atoms with van der Waals surface area (Å²) < 4.78 is 0. The lowest BCUT2D eigenvalue weighted by Crippen LogP contribution is -2.39. The summed E-state index contributed by atoms with van der Waals surface area (Å²) in [6.07, 6.45) is 0.985. The van der Waals surface area contributed by atoms with Gasteiger partial charge in [0.1, 0.15) is 0 Å². The topological polar surface area (TPSA) is 66.4 Å². The Bertz CT molecular complexity index is 498. The smallest absolute Gasteiger partial charge is 0.307 e. The molecule has 0 aromatic heterocycles. The Morgan fingerprint density at radius 2 is 2.00 bits per heavy atom. The summed E-state index contributed by atoms with van der Waals surface area (Å²) in [5, 5.41) is 11.7. The van der Waals surface area contributed by atoms with Crippen LogP contribution in [0.4, 0.5) is 0 Å². The summed E-state index contributed by atoms with van der Waals surface area (Å²) in [6.45, 7) is 3.81. The second kappa shape index (κ2) is 5.43. The Balaban J connectivity index is 1.84. The van der Waals surface area contributed by atoms with Crippen molar-refractivity contribution in [2.75, 3.05) is 6.54 Å². The maximum atomic E-state index is 11.9. The molecule has 4 heteroatoms. The lowest BCUT2D eigenvalue weighted by Gasteiger charge is -2.30. The third-order valence-electron chi connectivity index (χ3n) is 4.04. The van der Waals surface area contributed by atoms with Crippen molar-refractivity contribution >= 4 is 11.9 Å². The molecule has 1 aromatic carbocycles. The maximum Gasteiger partial charge on any atom is 0.307 e. The molecule has 1 amide bonds. The summed E-state index contributed by atoms with van der Waals surface area (Å²) in [6, 6.07) is 8.20. The zero-order chi connectivity index (χ0) is 14.0. The molecule has 0 spiro atoms. The van der Waals surface area contributed by atoms with Crippen molar-refractivity contribution in [1.29, 1.82) is 0 Å². The van der Waals surface area contributed by atoms with Crippen LogP contribution in [0.1, 0.15) is 30.9 Å². The summed E-state index contributed by atoms with van der Waals surface area (Å²) in [4.78, 5) is 22.7. The molecule has 19 heavy (non-hydrogen) atoms. The molecule has 0 fully saturated rings. The molecule has 0 saturated heterocycles. The number of fused-ring (bicyclic) bond motifs is 1. The number of amides is 1. The third-order valence-corrected chi connectivity index (χ3v) is 4.04. The molecule has 2 rings (SSSR count). The van der Waals surface area contributed by atoms with Crippen LogP contribution in [-0.4, -0.2) is 23.5 Å². The zero-order valence-electron chi connectivity index (χ0n) is 11.2. The van der Waals surface area contributed by atoms with Crippen LogP contribution in [0.5, 0.6) is 0 Å². The van der Waals surface area contributed by atoms with Crippen molar-refractivity contribution in [1.82, 2.24) is 5.32 Å². The molecule has 0 saturated carbocycles. The monoisotopic (exact) mass is 261 g/mol. The second-order valence-corrected chi connectivity index (χ2v) is 5.26. The van der Waals surface area contributed by atoms with Gasteiger partial charge in [0, 0.05) is 18.4 Å². The molecular formula is C15H19NO3. The highest BCUT2D eigenvalue weighted by Gasteiger charge is 2.29. The number of carbonyl (C=O) groups is 2. The van der Waals surface area contributed by atoms with Gasteiger partial charge in [-0.2, -0.15) is 0 Å².